The van der Waals surface area contributed by atoms with Gasteiger partial charge in [0, 0.05) is 32.5 Å². The highest BCUT2D eigenvalue weighted by atomic mass is 16.3. The summed E-state index contributed by atoms with van der Waals surface area (Å²) in [6, 6.07) is 78.1. The predicted molar refractivity (Wildman–Crippen MR) is 258 cm³/mol. The third kappa shape index (κ3) is 5.20. The molecule has 62 heavy (non-hydrogen) atoms. The third-order valence-corrected chi connectivity index (χ3v) is 12.6. The zero-order valence-corrected chi connectivity index (χ0v) is 33.5. The smallest absolute Gasteiger partial charge is 0.137 e. The van der Waals surface area contributed by atoms with Crippen LogP contribution >= 0.6 is 0 Å². The Labute approximate surface area is 356 Å². The molecule has 4 nitrogen and oxygen atoms in total. The molecule has 0 amide bonds. The monoisotopic (exact) mass is 792 g/mol. The van der Waals surface area contributed by atoms with E-state index in [1.807, 2.05) is 18.2 Å². The lowest BCUT2D eigenvalue weighted by Crippen LogP contribution is -2.12. The van der Waals surface area contributed by atoms with Crippen LogP contribution in [-0.4, -0.2) is 4.57 Å². The van der Waals surface area contributed by atoms with E-state index in [0.29, 0.717) is 0 Å². The first-order chi connectivity index (χ1) is 30.8. The molecule has 3 heterocycles. The molecule has 0 saturated carbocycles. The molecule has 4 heteroatoms. The molecule has 0 bridgehead atoms. The molecule has 0 saturated heterocycles. The summed E-state index contributed by atoms with van der Waals surface area (Å²) >= 11 is 0. The highest BCUT2D eigenvalue weighted by Crippen LogP contribution is 2.48. The van der Waals surface area contributed by atoms with E-state index >= 15 is 0 Å². The van der Waals surface area contributed by atoms with Crippen molar-refractivity contribution in [3.05, 3.63) is 218 Å². The summed E-state index contributed by atoms with van der Waals surface area (Å²) < 4.78 is 15.2. The van der Waals surface area contributed by atoms with Gasteiger partial charge in [0.15, 0.2) is 0 Å². The molecule has 0 radical (unpaired) electrons. The van der Waals surface area contributed by atoms with Gasteiger partial charge in [-0.25, -0.2) is 0 Å². The Morgan fingerprint density at radius 2 is 0.871 bits per heavy atom. The minimum Gasteiger partial charge on any atom is -0.456 e. The Hall–Kier alpha value is -8.34. The van der Waals surface area contributed by atoms with Gasteiger partial charge in [-0.3, -0.25) is 0 Å². The van der Waals surface area contributed by atoms with Gasteiger partial charge in [0.2, 0.25) is 0 Å². The Kier molecular flexibility index (Phi) is 7.57. The van der Waals surface area contributed by atoms with Crippen LogP contribution in [0.25, 0.3) is 104 Å². The van der Waals surface area contributed by atoms with Crippen LogP contribution in [0, 0.1) is 0 Å². The number of furan rings is 2. The summed E-state index contributed by atoms with van der Waals surface area (Å²) in [5, 5.41) is 9.19. The van der Waals surface area contributed by atoms with Crippen molar-refractivity contribution in [2.75, 3.05) is 4.90 Å². The normalized spacial score (nSPS) is 11.9. The topological polar surface area (TPSA) is 34.5 Å². The highest BCUT2D eigenvalue weighted by molar-refractivity contribution is 6.17. The second kappa shape index (κ2) is 13.6. The largest absolute Gasteiger partial charge is 0.456 e. The SMILES string of the molecule is c1cc(-c2ccc3c(c2)c2ccccc2n3-c2cccc3oc4ccccc4c23)cc(-c2ccccc2N(c2cccc3ccccc23)c2cccc3oc4ccccc4c23)c1. The molecule has 0 fully saturated rings. The average Bonchev–Trinajstić information content (AvgIpc) is 4.02. The lowest BCUT2D eigenvalue weighted by atomic mass is 9.96. The number of rotatable bonds is 6. The minimum absolute atomic E-state index is 0.861. The molecule has 13 aromatic rings. The van der Waals surface area contributed by atoms with E-state index in [0.717, 1.165) is 99.9 Å². The van der Waals surface area contributed by atoms with Crippen molar-refractivity contribution in [2.24, 2.45) is 0 Å². The van der Waals surface area contributed by atoms with Crippen molar-refractivity contribution in [2.45, 2.75) is 0 Å². The van der Waals surface area contributed by atoms with Gasteiger partial charge in [-0.2, -0.15) is 0 Å². The molecule has 0 aliphatic heterocycles. The van der Waals surface area contributed by atoms with Crippen LogP contribution in [0.2, 0.25) is 0 Å². The molecule has 10 aromatic carbocycles. The third-order valence-electron chi connectivity index (χ3n) is 12.6. The quantitative estimate of drug-likeness (QED) is 0.168. The van der Waals surface area contributed by atoms with Crippen LogP contribution < -0.4 is 4.90 Å². The maximum atomic E-state index is 6.47. The van der Waals surface area contributed by atoms with Crippen LogP contribution in [0.4, 0.5) is 17.1 Å². The molecule has 0 aliphatic rings. The van der Waals surface area contributed by atoms with Crippen molar-refractivity contribution in [3.8, 4) is 27.9 Å². The van der Waals surface area contributed by atoms with E-state index in [-0.39, 0.29) is 0 Å². The van der Waals surface area contributed by atoms with Gasteiger partial charge in [-0.1, -0.05) is 146 Å². The lowest BCUT2D eigenvalue weighted by molar-refractivity contribution is 0.668. The number of benzene rings is 10. The second-order valence-electron chi connectivity index (χ2n) is 16.0. The van der Waals surface area contributed by atoms with Crippen LogP contribution in [0.1, 0.15) is 0 Å². The zero-order valence-electron chi connectivity index (χ0n) is 33.5. The molecule has 0 unspecified atom stereocenters. The fraction of sp³-hybridized carbons (Fsp3) is 0. The maximum Gasteiger partial charge on any atom is 0.137 e. The van der Waals surface area contributed by atoms with Gasteiger partial charge in [-0.05, 0) is 94.9 Å². The summed E-state index contributed by atoms with van der Waals surface area (Å²) in [6.07, 6.45) is 0. The van der Waals surface area contributed by atoms with E-state index in [1.165, 1.54) is 21.5 Å². The van der Waals surface area contributed by atoms with Gasteiger partial charge in [-0.15, -0.1) is 0 Å². The number of nitrogens with zero attached hydrogens (tertiary/aromatic N) is 2. The van der Waals surface area contributed by atoms with Crippen molar-refractivity contribution in [1.29, 1.82) is 0 Å². The summed E-state index contributed by atoms with van der Waals surface area (Å²) in [4.78, 5) is 2.43. The van der Waals surface area contributed by atoms with Crippen LogP contribution in [0.3, 0.4) is 0 Å². The summed E-state index contributed by atoms with van der Waals surface area (Å²) in [5.41, 5.74) is 14.8. The van der Waals surface area contributed by atoms with Crippen molar-refractivity contribution in [3.63, 3.8) is 0 Å². The van der Waals surface area contributed by atoms with Gasteiger partial charge >= 0.3 is 0 Å². The fourth-order valence-corrected chi connectivity index (χ4v) is 9.87. The first kappa shape index (κ1) is 34.5. The molecule has 0 atom stereocenters. The van der Waals surface area contributed by atoms with E-state index in [1.54, 1.807) is 0 Å². The number of para-hydroxylation sites is 4. The number of anilines is 3. The zero-order chi connectivity index (χ0) is 40.7. The van der Waals surface area contributed by atoms with Gasteiger partial charge in [0.1, 0.15) is 22.3 Å². The molecule has 3 aromatic heterocycles. The first-order valence-corrected chi connectivity index (χ1v) is 21.1. The molecular formula is C58H36N2O2. The van der Waals surface area contributed by atoms with E-state index in [9.17, 15) is 0 Å². The summed E-state index contributed by atoms with van der Waals surface area (Å²) in [7, 11) is 0. The maximum absolute atomic E-state index is 6.47. The fourth-order valence-electron chi connectivity index (χ4n) is 9.87. The number of fused-ring (bicyclic) bond motifs is 10. The Morgan fingerprint density at radius 1 is 0.323 bits per heavy atom. The second-order valence-corrected chi connectivity index (χ2v) is 16.0. The van der Waals surface area contributed by atoms with Crippen molar-refractivity contribution in [1.82, 2.24) is 4.57 Å². The molecular weight excluding hydrogens is 757 g/mol. The number of hydrogen-bond acceptors (Lipinski definition) is 3. The van der Waals surface area contributed by atoms with Crippen molar-refractivity contribution >= 4 is 93.5 Å². The number of aromatic nitrogens is 1. The highest BCUT2D eigenvalue weighted by Gasteiger charge is 2.24. The van der Waals surface area contributed by atoms with Gasteiger partial charge in [0.25, 0.3) is 0 Å². The number of hydrogen-bond donors (Lipinski definition) is 0. The Balaban J connectivity index is 0.993. The minimum atomic E-state index is 0.861. The first-order valence-electron chi connectivity index (χ1n) is 21.1. The van der Waals surface area contributed by atoms with Crippen molar-refractivity contribution < 1.29 is 8.83 Å². The van der Waals surface area contributed by atoms with E-state index in [2.05, 4.69) is 210 Å². The summed E-state index contributed by atoms with van der Waals surface area (Å²) in [6.45, 7) is 0. The molecule has 290 valence electrons. The average molecular weight is 793 g/mol. The standard InChI is InChI=1S/C58H36N2O2/c1-2-19-41-37(15-1)16-12-26-48(41)59(51-27-13-31-55-57(51)44-22-5-9-29-53(44)61-55)47-24-7-3-20-42(47)40-18-11-17-38(35-40)39-33-34-50-46(36-39)43-21-4-8-25-49(43)60(50)52-28-14-32-56-58(52)45-23-6-10-30-54(45)62-56/h1-36H. The van der Waals surface area contributed by atoms with Gasteiger partial charge < -0.3 is 18.3 Å². The Bertz CT molecular complexity index is 3900. The molecule has 13 rings (SSSR count). The predicted octanol–water partition coefficient (Wildman–Crippen LogP) is 16.5. The lowest BCUT2D eigenvalue weighted by Gasteiger charge is -2.29. The van der Waals surface area contributed by atoms with Gasteiger partial charge in [0.05, 0.1) is 44.6 Å². The molecule has 0 spiro atoms. The van der Waals surface area contributed by atoms with E-state index in [4.69, 9.17) is 8.83 Å². The van der Waals surface area contributed by atoms with E-state index < -0.39 is 0 Å². The van der Waals surface area contributed by atoms with Crippen LogP contribution in [-0.2, 0) is 0 Å². The molecule has 0 aliphatic carbocycles. The summed E-state index contributed by atoms with van der Waals surface area (Å²) in [5.74, 6) is 0. The molecule has 0 N–H and O–H groups in total. The van der Waals surface area contributed by atoms with Crippen LogP contribution in [0.15, 0.2) is 227 Å². The van der Waals surface area contributed by atoms with Crippen LogP contribution in [0.5, 0.6) is 0 Å². The Morgan fingerprint density at radius 3 is 1.73 bits per heavy atom.